The van der Waals surface area contributed by atoms with Gasteiger partial charge in [0, 0.05) is 43.2 Å². The third-order valence-corrected chi connectivity index (χ3v) is 5.96. The second kappa shape index (κ2) is 9.60. The Hall–Kier alpha value is -1.27. The summed E-state index contributed by atoms with van der Waals surface area (Å²) in [6, 6.07) is 10.8. The molecule has 1 aliphatic heterocycles. The van der Waals surface area contributed by atoms with Crippen LogP contribution in [0.25, 0.3) is 11.3 Å². The number of nitrogens with zero attached hydrogens (tertiary/aromatic N) is 3. The van der Waals surface area contributed by atoms with E-state index in [-0.39, 0.29) is 6.61 Å². The van der Waals surface area contributed by atoms with Crippen molar-refractivity contribution in [1.82, 2.24) is 14.8 Å². The zero-order chi connectivity index (χ0) is 18.4. The molecule has 0 unspecified atom stereocenters. The molecule has 4 nitrogen and oxygen atoms in total. The lowest BCUT2D eigenvalue weighted by Gasteiger charge is -2.41. The van der Waals surface area contributed by atoms with E-state index in [2.05, 4.69) is 53.3 Å². The van der Waals surface area contributed by atoms with Crippen LogP contribution < -0.4 is 0 Å². The quantitative estimate of drug-likeness (QED) is 0.765. The van der Waals surface area contributed by atoms with Gasteiger partial charge >= 0.3 is 0 Å². The van der Waals surface area contributed by atoms with Crippen LogP contribution in [0, 0.1) is 5.92 Å². The number of hydrogen-bond acceptors (Lipinski definition) is 5. The number of benzene rings is 1. The highest BCUT2D eigenvalue weighted by Gasteiger charge is 2.26. The van der Waals surface area contributed by atoms with Gasteiger partial charge in [-0.25, -0.2) is 4.98 Å². The van der Waals surface area contributed by atoms with Crippen LogP contribution in [0.5, 0.6) is 0 Å². The maximum atomic E-state index is 9.46. The minimum atomic E-state index is 0.270. The second-order valence-electron chi connectivity index (χ2n) is 7.61. The first-order chi connectivity index (χ1) is 12.7. The fraction of sp³-hybridized carbons (Fsp3) is 0.571. The van der Waals surface area contributed by atoms with Gasteiger partial charge in [0.1, 0.15) is 5.01 Å². The molecule has 0 saturated carbocycles. The molecule has 1 aliphatic rings. The molecular formula is C21H31N3OS. The Bertz CT molecular complexity index is 658. The fourth-order valence-electron chi connectivity index (χ4n) is 3.56. The van der Waals surface area contributed by atoms with Gasteiger partial charge in [-0.2, -0.15) is 0 Å². The summed E-state index contributed by atoms with van der Waals surface area (Å²) >= 11 is 1.75. The lowest BCUT2D eigenvalue weighted by atomic mass is 10.1. The van der Waals surface area contributed by atoms with Crippen molar-refractivity contribution in [2.45, 2.75) is 39.3 Å². The summed E-state index contributed by atoms with van der Waals surface area (Å²) in [5.74, 6) is 0.731. The first kappa shape index (κ1) is 19.5. The van der Waals surface area contributed by atoms with Crippen LogP contribution in [0.4, 0.5) is 0 Å². The van der Waals surface area contributed by atoms with Crippen LogP contribution in [0.3, 0.4) is 0 Å². The second-order valence-corrected chi connectivity index (χ2v) is 8.55. The van der Waals surface area contributed by atoms with Crippen molar-refractivity contribution in [1.29, 1.82) is 0 Å². The average molecular weight is 374 g/mol. The molecule has 0 spiro atoms. The molecule has 2 heterocycles. The van der Waals surface area contributed by atoms with Crippen LogP contribution in [0.1, 0.15) is 31.7 Å². The van der Waals surface area contributed by atoms with Crippen molar-refractivity contribution >= 4 is 11.3 Å². The minimum Gasteiger partial charge on any atom is -0.396 e. The largest absolute Gasteiger partial charge is 0.396 e. The average Bonchev–Trinajstić information content (AvgIpc) is 3.10. The summed E-state index contributed by atoms with van der Waals surface area (Å²) < 4.78 is 0. The van der Waals surface area contributed by atoms with Crippen LogP contribution in [0.2, 0.25) is 0 Å². The molecule has 3 rings (SSSR count). The Morgan fingerprint density at radius 2 is 2.04 bits per heavy atom. The van der Waals surface area contributed by atoms with E-state index in [1.807, 2.05) is 6.07 Å². The van der Waals surface area contributed by atoms with Gasteiger partial charge in [0.2, 0.25) is 0 Å². The topological polar surface area (TPSA) is 39.6 Å². The van der Waals surface area contributed by atoms with E-state index in [1.54, 1.807) is 11.3 Å². The number of aromatic nitrogens is 1. The van der Waals surface area contributed by atoms with Gasteiger partial charge < -0.3 is 5.11 Å². The van der Waals surface area contributed by atoms with Gasteiger partial charge in [-0.05, 0) is 25.3 Å². The molecule has 142 valence electrons. The van der Waals surface area contributed by atoms with Crippen LogP contribution in [-0.4, -0.2) is 58.7 Å². The Balaban J connectivity index is 1.58. The van der Waals surface area contributed by atoms with E-state index in [9.17, 15) is 5.11 Å². The van der Waals surface area contributed by atoms with Gasteiger partial charge in [-0.3, -0.25) is 9.80 Å². The zero-order valence-corrected chi connectivity index (χ0v) is 16.8. The minimum absolute atomic E-state index is 0.270. The molecule has 0 radical (unpaired) electrons. The zero-order valence-electron chi connectivity index (χ0n) is 16.0. The number of rotatable bonds is 8. The normalized spacial score (nSPS) is 19.3. The van der Waals surface area contributed by atoms with Crippen LogP contribution in [-0.2, 0) is 6.54 Å². The van der Waals surface area contributed by atoms with E-state index >= 15 is 0 Å². The predicted octanol–water partition coefficient (Wildman–Crippen LogP) is 3.72. The Labute approximate surface area is 161 Å². The van der Waals surface area contributed by atoms with E-state index < -0.39 is 0 Å². The number of thiazole rings is 1. The van der Waals surface area contributed by atoms with Gasteiger partial charge in [0.05, 0.1) is 12.2 Å². The van der Waals surface area contributed by atoms with Crippen LogP contribution in [0.15, 0.2) is 35.7 Å². The van der Waals surface area contributed by atoms with Crippen molar-refractivity contribution in [2.75, 3.05) is 32.8 Å². The van der Waals surface area contributed by atoms with Crippen molar-refractivity contribution in [2.24, 2.45) is 5.92 Å². The Morgan fingerprint density at radius 1 is 1.23 bits per heavy atom. The highest BCUT2D eigenvalue weighted by atomic mass is 32.1. The summed E-state index contributed by atoms with van der Waals surface area (Å²) in [6.45, 7) is 10.1. The molecular weight excluding hydrogens is 342 g/mol. The van der Waals surface area contributed by atoms with Crippen molar-refractivity contribution < 1.29 is 5.11 Å². The molecule has 1 aromatic heterocycles. The predicted molar refractivity (Wildman–Crippen MR) is 109 cm³/mol. The molecule has 5 heteroatoms. The maximum Gasteiger partial charge on any atom is 0.107 e. The lowest BCUT2D eigenvalue weighted by Crippen LogP contribution is -2.53. The Kier molecular flexibility index (Phi) is 7.20. The van der Waals surface area contributed by atoms with Crippen LogP contribution >= 0.6 is 11.3 Å². The summed E-state index contributed by atoms with van der Waals surface area (Å²) in [5, 5.41) is 12.8. The number of aliphatic hydroxyl groups excluding tert-OH is 1. The SMILES string of the molecule is CC(C)CCN1CCN(Cc2nc(-c3ccccc3)cs2)C[C@@H]1CCO. The van der Waals surface area contributed by atoms with Crippen molar-refractivity contribution in [3.63, 3.8) is 0 Å². The molecule has 1 aromatic carbocycles. The molecule has 1 fully saturated rings. The standard InChI is InChI=1S/C21H31N3OS/c1-17(2)8-10-24-12-11-23(14-19(24)9-13-25)15-21-22-20(16-26-21)18-6-4-3-5-7-18/h3-7,16-17,19,25H,8-15H2,1-2H3/t19-/m0/s1. The Morgan fingerprint density at radius 3 is 2.77 bits per heavy atom. The molecule has 0 bridgehead atoms. The molecule has 0 aliphatic carbocycles. The first-order valence-electron chi connectivity index (χ1n) is 9.72. The van der Waals surface area contributed by atoms with Crippen molar-refractivity contribution in [3.8, 4) is 11.3 Å². The molecule has 1 atom stereocenters. The van der Waals surface area contributed by atoms with Gasteiger partial charge in [-0.15, -0.1) is 11.3 Å². The lowest BCUT2D eigenvalue weighted by molar-refractivity contribution is 0.0524. The number of piperazine rings is 1. The highest BCUT2D eigenvalue weighted by molar-refractivity contribution is 7.09. The van der Waals surface area contributed by atoms with E-state index in [1.165, 1.54) is 17.0 Å². The molecule has 1 saturated heterocycles. The van der Waals surface area contributed by atoms with E-state index in [4.69, 9.17) is 4.98 Å². The van der Waals surface area contributed by atoms with E-state index in [0.717, 1.165) is 50.8 Å². The third-order valence-electron chi connectivity index (χ3n) is 5.12. The number of aliphatic hydroxyl groups is 1. The van der Waals surface area contributed by atoms with Crippen molar-refractivity contribution in [3.05, 3.63) is 40.7 Å². The maximum absolute atomic E-state index is 9.46. The highest BCUT2D eigenvalue weighted by Crippen LogP contribution is 2.23. The molecule has 26 heavy (non-hydrogen) atoms. The summed E-state index contributed by atoms with van der Waals surface area (Å²) in [4.78, 5) is 9.91. The summed E-state index contributed by atoms with van der Waals surface area (Å²) in [5.41, 5.74) is 2.26. The number of hydrogen-bond donors (Lipinski definition) is 1. The fourth-order valence-corrected chi connectivity index (χ4v) is 4.40. The monoisotopic (exact) mass is 373 g/mol. The summed E-state index contributed by atoms with van der Waals surface area (Å²) in [6.07, 6.45) is 2.09. The van der Waals surface area contributed by atoms with E-state index in [0.29, 0.717) is 6.04 Å². The van der Waals surface area contributed by atoms with Gasteiger partial charge in [0.25, 0.3) is 0 Å². The first-order valence-corrected chi connectivity index (χ1v) is 10.6. The molecule has 0 amide bonds. The van der Waals surface area contributed by atoms with Gasteiger partial charge in [-0.1, -0.05) is 44.2 Å². The smallest absolute Gasteiger partial charge is 0.107 e. The summed E-state index contributed by atoms with van der Waals surface area (Å²) in [7, 11) is 0. The molecule has 2 aromatic rings. The third kappa shape index (κ3) is 5.36. The molecule has 1 N–H and O–H groups in total. The van der Waals surface area contributed by atoms with Gasteiger partial charge in [0.15, 0.2) is 0 Å².